The molecule has 0 spiro atoms. The topological polar surface area (TPSA) is 98.8 Å². The Bertz CT molecular complexity index is 419. The number of nitrogens with zero attached hydrogens (tertiary/aromatic N) is 4. The first-order valence-corrected chi connectivity index (χ1v) is 7.11. The molecular formula is C12H23N7O. The largest absolute Gasteiger partial charge is 0.317 e. The number of amides is 1. The third-order valence-corrected chi connectivity index (χ3v) is 3.39. The van der Waals surface area contributed by atoms with Gasteiger partial charge in [-0.3, -0.25) is 10.1 Å². The van der Waals surface area contributed by atoms with Crippen LogP contribution in [0.25, 0.3) is 0 Å². The Morgan fingerprint density at radius 3 is 2.95 bits per heavy atom. The predicted octanol–water partition coefficient (Wildman–Crippen LogP) is -0.346. The molecule has 1 saturated heterocycles. The second kappa shape index (κ2) is 6.76. The standard InChI is InChI=1S/C12H23N7O/c1-4-14-9(5-8(2)3)12(20)19-7-13-6-10(19)11-15-17-18-16-11/h8-10,13-14H,4-7H2,1-3H3,(H,15,16,17,18). The fraction of sp³-hybridized carbons (Fsp3) is 0.833. The van der Waals surface area contributed by atoms with Crippen molar-refractivity contribution in [3.8, 4) is 0 Å². The molecular weight excluding hydrogens is 258 g/mol. The van der Waals surface area contributed by atoms with E-state index in [9.17, 15) is 4.79 Å². The minimum absolute atomic E-state index is 0.0975. The second-order valence-corrected chi connectivity index (χ2v) is 5.45. The maximum absolute atomic E-state index is 12.7. The van der Waals surface area contributed by atoms with Crippen molar-refractivity contribution in [2.24, 2.45) is 5.92 Å². The summed E-state index contributed by atoms with van der Waals surface area (Å²) in [6, 6.07) is -0.302. The van der Waals surface area contributed by atoms with Gasteiger partial charge in [0.15, 0.2) is 5.82 Å². The van der Waals surface area contributed by atoms with E-state index in [-0.39, 0.29) is 18.0 Å². The van der Waals surface area contributed by atoms with Crippen LogP contribution in [0.5, 0.6) is 0 Å². The van der Waals surface area contributed by atoms with Crippen molar-refractivity contribution in [3.63, 3.8) is 0 Å². The van der Waals surface area contributed by atoms with Gasteiger partial charge in [0.2, 0.25) is 5.91 Å². The minimum atomic E-state index is -0.158. The number of aromatic amines is 1. The Hall–Kier alpha value is -1.54. The van der Waals surface area contributed by atoms with Crippen molar-refractivity contribution < 1.29 is 4.79 Å². The summed E-state index contributed by atoms with van der Waals surface area (Å²) in [5.41, 5.74) is 0. The average molecular weight is 281 g/mol. The molecule has 0 saturated carbocycles. The van der Waals surface area contributed by atoms with Crippen molar-refractivity contribution in [1.82, 2.24) is 36.2 Å². The lowest BCUT2D eigenvalue weighted by atomic mass is 10.0. The van der Waals surface area contributed by atoms with E-state index in [1.807, 2.05) is 6.92 Å². The third-order valence-electron chi connectivity index (χ3n) is 3.39. The van der Waals surface area contributed by atoms with Crippen LogP contribution in [0, 0.1) is 5.92 Å². The molecule has 112 valence electrons. The van der Waals surface area contributed by atoms with Gasteiger partial charge in [-0.25, -0.2) is 0 Å². The van der Waals surface area contributed by atoms with E-state index in [0.717, 1.165) is 13.0 Å². The van der Waals surface area contributed by atoms with Gasteiger partial charge >= 0.3 is 0 Å². The molecule has 0 aromatic carbocycles. The van der Waals surface area contributed by atoms with Crippen LogP contribution in [0.4, 0.5) is 0 Å². The molecule has 2 heterocycles. The molecule has 1 fully saturated rings. The minimum Gasteiger partial charge on any atom is -0.317 e. The first-order chi connectivity index (χ1) is 9.63. The highest BCUT2D eigenvalue weighted by molar-refractivity contribution is 5.82. The summed E-state index contributed by atoms with van der Waals surface area (Å²) >= 11 is 0. The summed E-state index contributed by atoms with van der Waals surface area (Å²) < 4.78 is 0. The van der Waals surface area contributed by atoms with Gasteiger partial charge in [-0.1, -0.05) is 26.0 Å². The molecule has 20 heavy (non-hydrogen) atoms. The lowest BCUT2D eigenvalue weighted by Crippen LogP contribution is -2.47. The van der Waals surface area contributed by atoms with Gasteiger partial charge in [0.25, 0.3) is 0 Å². The highest BCUT2D eigenvalue weighted by Crippen LogP contribution is 2.21. The van der Waals surface area contributed by atoms with Gasteiger partial charge in [-0.15, -0.1) is 10.2 Å². The molecule has 2 rings (SSSR count). The SMILES string of the molecule is CCNC(CC(C)C)C(=O)N1CNCC1c1nn[nH]n1. The van der Waals surface area contributed by atoms with E-state index in [2.05, 4.69) is 45.1 Å². The number of H-pyrrole nitrogens is 1. The summed E-state index contributed by atoms with van der Waals surface area (Å²) in [4.78, 5) is 14.5. The molecule has 1 aromatic heterocycles. The second-order valence-electron chi connectivity index (χ2n) is 5.45. The maximum atomic E-state index is 12.7. The molecule has 1 aliphatic rings. The molecule has 2 unspecified atom stereocenters. The molecule has 3 N–H and O–H groups in total. The number of rotatable bonds is 6. The number of hydrogen-bond acceptors (Lipinski definition) is 6. The number of nitrogens with one attached hydrogen (secondary N) is 3. The average Bonchev–Trinajstić information content (AvgIpc) is 3.07. The number of carbonyl (C=O) groups excluding carboxylic acids is 1. The summed E-state index contributed by atoms with van der Waals surface area (Å²) in [5.74, 6) is 1.12. The maximum Gasteiger partial charge on any atom is 0.241 e. The zero-order valence-electron chi connectivity index (χ0n) is 12.3. The summed E-state index contributed by atoms with van der Waals surface area (Å²) in [5, 5.41) is 20.5. The summed E-state index contributed by atoms with van der Waals surface area (Å²) in [7, 11) is 0. The zero-order valence-corrected chi connectivity index (χ0v) is 12.3. The zero-order chi connectivity index (χ0) is 14.5. The molecule has 8 nitrogen and oxygen atoms in total. The summed E-state index contributed by atoms with van der Waals surface area (Å²) in [6.45, 7) is 8.22. The Balaban J connectivity index is 2.09. The molecule has 2 atom stereocenters. The quantitative estimate of drug-likeness (QED) is 0.659. The lowest BCUT2D eigenvalue weighted by Gasteiger charge is -2.27. The molecule has 8 heteroatoms. The van der Waals surface area contributed by atoms with Crippen molar-refractivity contribution in [2.75, 3.05) is 19.8 Å². The van der Waals surface area contributed by atoms with Crippen LogP contribution in [-0.4, -0.2) is 57.2 Å². The molecule has 0 radical (unpaired) electrons. The monoisotopic (exact) mass is 281 g/mol. The van der Waals surface area contributed by atoms with Crippen LogP contribution in [-0.2, 0) is 4.79 Å². The summed E-state index contributed by atoms with van der Waals surface area (Å²) in [6.07, 6.45) is 0.822. The third kappa shape index (κ3) is 3.31. The van der Waals surface area contributed by atoms with E-state index >= 15 is 0 Å². The van der Waals surface area contributed by atoms with Gasteiger partial charge in [0.05, 0.1) is 12.7 Å². The highest BCUT2D eigenvalue weighted by atomic mass is 16.2. The fourth-order valence-corrected chi connectivity index (χ4v) is 2.50. The van der Waals surface area contributed by atoms with Gasteiger partial charge < -0.3 is 10.2 Å². The van der Waals surface area contributed by atoms with E-state index in [1.165, 1.54) is 0 Å². The molecule has 1 aliphatic heterocycles. The van der Waals surface area contributed by atoms with Crippen LogP contribution < -0.4 is 10.6 Å². The van der Waals surface area contributed by atoms with Gasteiger partial charge in [-0.05, 0) is 18.9 Å². The van der Waals surface area contributed by atoms with Crippen LogP contribution in [0.15, 0.2) is 0 Å². The molecule has 1 aromatic rings. The van der Waals surface area contributed by atoms with E-state index in [1.54, 1.807) is 4.90 Å². The number of tetrazole rings is 1. The van der Waals surface area contributed by atoms with Crippen molar-refractivity contribution in [3.05, 3.63) is 5.82 Å². The van der Waals surface area contributed by atoms with Crippen molar-refractivity contribution in [1.29, 1.82) is 0 Å². The van der Waals surface area contributed by atoms with E-state index < -0.39 is 0 Å². The Morgan fingerprint density at radius 2 is 2.35 bits per heavy atom. The van der Waals surface area contributed by atoms with Crippen LogP contribution in [0.1, 0.15) is 39.1 Å². The van der Waals surface area contributed by atoms with Gasteiger partial charge in [0.1, 0.15) is 6.04 Å². The van der Waals surface area contributed by atoms with Gasteiger partial charge in [-0.2, -0.15) is 5.21 Å². The number of aromatic nitrogens is 4. The van der Waals surface area contributed by atoms with Crippen LogP contribution in [0.3, 0.4) is 0 Å². The molecule has 0 bridgehead atoms. The normalized spacial score (nSPS) is 20.6. The molecule has 0 aliphatic carbocycles. The van der Waals surface area contributed by atoms with E-state index in [4.69, 9.17) is 0 Å². The Morgan fingerprint density at radius 1 is 1.55 bits per heavy atom. The fourth-order valence-electron chi connectivity index (χ4n) is 2.50. The first-order valence-electron chi connectivity index (χ1n) is 7.11. The van der Waals surface area contributed by atoms with Crippen molar-refractivity contribution in [2.45, 2.75) is 39.3 Å². The number of carbonyl (C=O) groups is 1. The van der Waals surface area contributed by atoms with Gasteiger partial charge in [0, 0.05) is 6.54 Å². The smallest absolute Gasteiger partial charge is 0.241 e. The van der Waals surface area contributed by atoms with Crippen LogP contribution >= 0.6 is 0 Å². The first kappa shape index (κ1) is 14.9. The number of hydrogen-bond donors (Lipinski definition) is 3. The van der Waals surface area contributed by atoms with E-state index in [0.29, 0.717) is 25.0 Å². The highest BCUT2D eigenvalue weighted by Gasteiger charge is 2.35. The predicted molar refractivity (Wildman–Crippen MR) is 73.6 cm³/mol. The Labute approximate surface area is 118 Å². The molecule has 1 amide bonds. The lowest BCUT2D eigenvalue weighted by molar-refractivity contribution is -0.135. The van der Waals surface area contributed by atoms with Crippen LogP contribution in [0.2, 0.25) is 0 Å². The number of likely N-dealkylation sites (N-methyl/N-ethyl adjacent to an activating group) is 1. The van der Waals surface area contributed by atoms with Crippen molar-refractivity contribution >= 4 is 5.91 Å². The Kier molecular flexibility index (Phi) is 5.02.